The van der Waals surface area contributed by atoms with Gasteiger partial charge in [0, 0.05) is 12.6 Å². The van der Waals surface area contributed by atoms with Gasteiger partial charge in [0.05, 0.1) is 6.61 Å². The molecule has 2 unspecified atom stereocenters. The zero-order chi connectivity index (χ0) is 10.7. The van der Waals surface area contributed by atoms with Gasteiger partial charge in [0.2, 0.25) is 0 Å². The van der Waals surface area contributed by atoms with E-state index in [1.54, 1.807) is 0 Å². The molecule has 1 saturated carbocycles. The molecule has 1 amide bonds. The Bertz CT molecular complexity index is 232. The van der Waals surface area contributed by atoms with Crippen molar-refractivity contribution in [2.75, 3.05) is 19.8 Å². The summed E-state index contributed by atoms with van der Waals surface area (Å²) in [6, 6.07) is 0.407. The van der Waals surface area contributed by atoms with Crippen LogP contribution in [0.4, 0.5) is 4.79 Å². The zero-order valence-electron chi connectivity index (χ0n) is 9.02. The van der Waals surface area contributed by atoms with Crippen LogP contribution < -0.4 is 0 Å². The highest BCUT2D eigenvalue weighted by atomic mass is 16.6. The van der Waals surface area contributed by atoms with Crippen molar-refractivity contribution in [3.8, 4) is 0 Å². The third-order valence-corrected chi connectivity index (χ3v) is 3.56. The molecule has 2 rings (SSSR count). The molecule has 15 heavy (non-hydrogen) atoms. The lowest BCUT2D eigenvalue weighted by Gasteiger charge is -2.30. The molecular weight excluding hydrogens is 194 g/mol. The maximum atomic E-state index is 11.7. The average Bonchev–Trinajstić information content (AvgIpc) is 2.69. The number of ether oxygens (including phenoxy) is 1. The van der Waals surface area contributed by atoms with Crippen LogP contribution in [0.15, 0.2) is 0 Å². The molecule has 1 aliphatic carbocycles. The van der Waals surface area contributed by atoms with E-state index in [0.29, 0.717) is 12.0 Å². The van der Waals surface area contributed by atoms with Gasteiger partial charge in [-0.2, -0.15) is 0 Å². The van der Waals surface area contributed by atoms with Crippen molar-refractivity contribution in [3.05, 3.63) is 0 Å². The fourth-order valence-electron chi connectivity index (χ4n) is 2.85. The van der Waals surface area contributed by atoms with Gasteiger partial charge in [0.1, 0.15) is 6.61 Å². The Balaban J connectivity index is 1.89. The molecule has 4 nitrogen and oxygen atoms in total. The predicted molar refractivity (Wildman–Crippen MR) is 55.5 cm³/mol. The molecule has 0 aromatic heterocycles. The van der Waals surface area contributed by atoms with Gasteiger partial charge < -0.3 is 14.7 Å². The van der Waals surface area contributed by atoms with Crippen molar-refractivity contribution in [1.82, 2.24) is 4.90 Å². The molecule has 1 heterocycles. The highest BCUT2D eigenvalue weighted by molar-refractivity contribution is 5.68. The molecule has 86 valence electrons. The summed E-state index contributed by atoms with van der Waals surface area (Å²) in [6.45, 7) is 0.861. The maximum Gasteiger partial charge on any atom is 0.410 e. The van der Waals surface area contributed by atoms with Crippen molar-refractivity contribution in [2.24, 2.45) is 5.92 Å². The van der Waals surface area contributed by atoms with Crippen LogP contribution in [0.5, 0.6) is 0 Å². The van der Waals surface area contributed by atoms with E-state index in [1.807, 2.05) is 4.90 Å². The number of fused-ring (bicyclic) bond motifs is 1. The monoisotopic (exact) mass is 213 g/mol. The lowest BCUT2D eigenvalue weighted by molar-refractivity contribution is 0.0729. The summed E-state index contributed by atoms with van der Waals surface area (Å²) >= 11 is 0. The van der Waals surface area contributed by atoms with E-state index in [4.69, 9.17) is 9.84 Å². The molecule has 2 atom stereocenters. The number of hydrogen-bond acceptors (Lipinski definition) is 3. The Kier molecular flexibility index (Phi) is 3.46. The first-order valence-electron chi connectivity index (χ1n) is 5.87. The molecule has 1 saturated heterocycles. The van der Waals surface area contributed by atoms with Crippen molar-refractivity contribution < 1.29 is 14.6 Å². The highest BCUT2D eigenvalue weighted by Crippen LogP contribution is 2.36. The van der Waals surface area contributed by atoms with Gasteiger partial charge >= 0.3 is 6.09 Å². The normalized spacial score (nSPS) is 30.1. The lowest BCUT2D eigenvalue weighted by atomic mass is 9.85. The van der Waals surface area contributed by atoms with E-state index in [0.717, 1.165) is 19.4 Å². The summed E-state index contributed by atoms with van der Waals surface area (Å²) in [5.74, 6) is 0.695. The molecule has 0 aromatic carbocycles. The van der Waals surface area contributed by atoms with Gasteiger partial charge in [0.25, 0.3) is 0 Å². The number of likely N-dealkylation sites (tertiary alicyclic amines) is 1. The van der Waals surface area contributed by atoms with E-state index >= 15 is 0 Å². The first kappa shape index (κ1) is 10.7. The van der Waals surface area contributed by atoms with Crippen LogP contribution in [0.3, 0.4) is 0 Å². The van der Waals surface area contributed by atoms with Crippen molar-refractivity contribution in [1.29, 1.82) is 0 Å². The van der Waals surface area contributed by atoms with Gasteiger partial charge in [-0.25, -0.2) is 4.79 Å². The minimum absolute atomic E-state index is 0.0896. The minimum Gasteiger partial charge on any atom is -0.447 e. The highest BCUT2D eigenvalue weighted by Gasteiger charge is 2.38. The lowest BCUT2D eigenvalue weighted by Crippen LogP contribution is -2.39. The molecule has 0 aromatic rings. The Morgan fingerprint density at radius 2 is 2.13 bits per heavy atom. The topological polar surface area (TPSA) is 49.8 Å². The Morgan fingerprint density at radius 1 is 1.33 bits per heavy atom. The van der Waals surface area contributed by atoms with E-state index in [-0.39, 0.29) is 19.3 Å². The molecule has 1 aliphatic heterocycles. The molecule has 2 fully saturated rings. The predicted octanol–water partition coefficient (Wildman–Crippen LogP) is 1.38. The van der Waals surface area contributed by atoms with Crippen molar-refractivity contribution in [2.45, 2.75) is 38.1 Å². The van der Waals surface area contributed by atoms with Gasteiger partial charge in [0.15, 0.2) is 0 Å². The molecule has 1 N–H and O–H groups in total. The summed E-state index contributed by atoms with van der Waals surface area (Å²) in [5.41, 5.74) is 0. The fraction of sp³-hybridized carbons (Fsp3) is 0.909. The van der Waals surface area contributed by atoms with Crippen LogP contribution in [-0.2, 0) is 4.74 Å². The van der Waals surface area contributed by atoms with Crippen LogP contribution >= 0.6 is 0 Å². The molecular formula is C11H19NO3. The zero-order valence-corrected chi connectivity index (χ0v) is 9.02. The fourth-order valence-corrected chi connectivity index (χ4v) is 2.85. The maximum absolute atomic E-state index is 11.7. The summed E-state index contributed by atoms with van der Waals surface area (Å²) in [4.78, 5) is 13.5. The first-order valence-corrected chi connectivity index (χ1v) is 5.87. The third-order valence-electron chi connectivity index (χ3n) is 3.56. The summed E-state index contributed by atoms with van der Waals surface area (Å²) < 4.78 is 4.96. The van der Waals surface area contributed by atoms with E-state index < -0.39 is 0 Å². The van der Waals surface area contributed by atoms with Crippen LogP contribution in [0.2, 0.25) is 0 Å². The number of nitrogens with zero attached hydrogens (tertiary/aromatic N) is 1. The number of rotatable bonds is 2. The van der Waals surface area contributed by atoms with E-state index in [2.05, 4.69) is 0 Å². The standard InChI is InChI=1S/C11H19NO3/c13-7-8-15-11(14)12-6-5-9-3-1-2-4-10(9)12/h9-10,13H,1-8H2. The first-order chi connectivity index (χ1) is 7.33. The van der Waals surface area contributed by atoms with Crippen LogP contribution in [0.25, 0.3) is 0 Å². The number of hydrogen-bond donors (Lipinski definition) is 1. The molecule has 2 aliphatic rings. The smallest absolute Gasteiger partial charge is 0.410 e. The van der Waals surface area contributed by atoms with Crippen LogP contribution in [0, 0.1) is 5.92 Å². The van der Waals surface area contributed by atoms with Gasteiger partial charge in [-0.1, -0.05) is 12.8 Å². The summed E-state index contributed by atoms with van der Waals surface area (Å²) in [6.07, 6.45) is 5.80. The van der Waals surface area contributed by atoms with Crippen molar-refractivity contribution in [3.63, 3.8) is 0 Å². The molecule has 0 radical (unpaired) electrons. The number of carbonyl (C=O) groups is 1. The largest absolute Gasteiger partial charge is 0.447 e. The van der Waals surface area contributed by atoms with Crippen LogP contribution in [0.1, 0.15) is 32.1 Å². The molecule has 4 heteroatoms. The van der Waals surface area contributed by atoms with E-state index in [9.17, 15) is 4.79 Å². The summed E-state index contributed by atoms with van der Waals surface area (Å²) in [5, 5.41) is 8.59. The Labute approximate surface area is 90.2 Å². The van der Waals surface area contributed by atoms with E-state index in [1.165, 1.54) is 19.3 Å². The second kappa shape index (κ2) is 4.84. The van der Waals surface area contributed by atoms with Gasteiger partial charge in [-0.15, -0.1) is 0 Å². The van der Waals surface area contributed by atoms with Crippen LogP contribution in [-0.4, -0.2) is 41.9 Å². The van der Waals surface area contributed by atoms with Gasteiger partial charge in [-0.05, 0) is 25.2 Å². The second-order valence-electron chi connectivity index (χ2n) is 4.43. The second-order valence-corrected chi connectivity index (χ2v) is 4.43. The third kappa shape index (κ3) is 2.25. The quantitative estimate of drug-likeness (QED) is 0.754. The number of carbonyl (C=O) groups excluding carboxylic acids is 1. The Morgan fingerprint density at radius 3 is 2.93 bits per heavy atom. The molecule has 0 bridgehead atoms. The van der Waals surface area contributed by atoms with Gasteiger partial charge in [-0.3, -0.25) is 0 Å². The average molecular weight is 213 g/mol. The SMILES string of the molecule is O=C(OCCO)N1CCC2CCCCC21. The number of aliphatic hydroxyl groups excluding tert-OH is 1. The Hall–Kier alpha value is -0.770. The molecule has 0 spiro atoms. The minimum atomic E-state index is -0.238. The summed E-state index contributed by atoms with van der Waals surface area (Å²) in [7, 11) is 0. The van der Waals surface area contributed by atoms with Crippen molar-refractivity contribution >= 4 is 6.09 Å². The number of aliphatic hydroxyl groups is 1. The number of amides is 1.